The number of ether oxygens (including phenoxy) is 3. The Morgan fingerprint density at radius 1 is 0.667 bits per heavy atom. The van der Waals surface area contributed by atoms with Gasteiger partial charge in [0.1, 0.15) is 11.5 Å². The molecule has 0 N–H and O–H groups in total. The van der Waals surface area contributed by atoms with Crippen LogP contribution in [0.5, 0.6) is 11.5 Å². The van der Waals surface area contributed by atoms with Gasteiger partial charge in [-0.1, -0.05) is 13.8 Å². The molecule has 7 nitrogen and oxygen atoms in total. The highest BCUT2D eigenvalue weighted by molar-refractivity contribution is 6.16. The molecule has 0 saturated carbocycles. The number of benzene rings is 2. The predicted octanol–water partition coefficient (Wildman–Crippen LogP) is 3.13. The molecule has 0 aromatic heterocycles. The number of esters is 4. The molecule has 0 atom stereocenters. The molecule has 134 valence electrons. The summed E-state index contributed by atoms with van der Waals surface area (Å²) in [5, 5.41) is 0. The molecule has 2 aromatic carbocycles. The van der Waals surface area contributed by atoms with Crippen LogP contribution in [-0.2, 0) is 14.9 Å². The standard InChI is InChI=1S/C20H12O7/c1-3-20(2)12-4-8-10(18(23)26-16(8)21)6-14(12)25-15-7-11-9(5-13(15)20)17(22)27-19(11)24/h4-7H,3H2,1-2H3. The maximum Gasteiger partial charge on any atom is 0.347 e. The average molecular weight is 364 g/mol. The van der Waals surface area contributed by atoms with Gasteiger partial charge in [-0.3, -0.25) is 0 Å². The number of carbonyl (C=O) groups is 4. The number of fused-ring (bicyclic) bond motifs is 4. The predicted molar refractivity (Wildman–Crippen MR) is 89.2 cm³/mol. The van der Waals surface area contributed by atoms with Crippen LogP contribution in [-0.4, -0.2) is 23.9 Å². The number of hydrogen-bond acceptors (Lipinski definition) is 7. The first kappa shape index (κ1) is 15.7. The Bertz CT molecular complexity index is 1040. The molecule has 27 heavy (non-hydrogen) atoms. The van der Waals surface area contributed by atoms with Gasteiger partial charge < -0.3 is 14.2 Å². The molecule has 0 amide bonds. The average Bonchev–Trinajstić information content (AvgIpc) is 3.08. The Labute approximate surface area is 152 Å². The zero-order chi connectivity index (χ0) is 19.1. The highest BCUT2D eigenvalue weighted by Gasteiger charge is 2.43. The van der Waals surface area contributed by atoms with Crippen LogP contribution in [0, 0.1) is 0 Å². The van der Waals surface area contributed by atoms with Crippen molar-refractivity contribution in [1.82, 2.24) is 0 Å². The van der Waals surface area contributed by atoms with Crippen molar-refractivity contribution in [2.24, 2.45) is 0 Å². The summed E-state index contributed by atoms with van der Waals surface area (Å²) >= 11 is 0. The number of cyclic esters (lactones) is 4. The van der Waals surface area contributed by atoms with Crippen molar-refractivity contribution < 1.29 is 33.4 Å². The summed E-state index contributed by atoms with van der Waals surface area (Å²) in [4.78, 5) is 47.7. The van der Waals surface area contributed by atoms with Crippen LogP contribution in [0.1, 0.15) is 72.8 Å². The highest BCUT2D eigenvalue weighted by Crippen LogP contribution is 2.52. The van der Waals surface area contributed by atoms with E-state index in [0.29, 0.717) is 29.0 Å². The van der Waals surface area contributed by atoms with E-state index in [1.54, 1.807) is 12.1 Å². The third-order valence-electron chi connectivity index (χ3n) is 5.61. The summed E-state index contributed by atoms with van der Waals surface area (Å²) in [6.07, 6.45) is 0.625. The summed E-state index contributed by atoms with van der Waals surface area (Å²) in [6, 6.07) is 6.21. The molecule has 0 fully saturated rings. The normalized spacial score (nSPS) is 18.1. The molecule has 0 spiro atoms. The minimum atomic E-state index is -0.714. The first-order valence-electron chi connectivity index (χ1n) is 8.41. The molecular weight excluding hydrogens is 352 g/mol. The summed E-state index contributed by atoms with van der Waals surface area (Å²) < 4.78 is 15.3. The maximum atomic E-state index is 12.0. The first-order valence-corrected chi connectivity index (χ1v) is 8.41. The van der Waals surface area contributed by atoms with Crippen LogP contribution in [0.3, 0.4) is 0 Å². The van der Waals surface area contributed by atoms with E-state index in [0.717, 1.165) is 0 Å². The summed E-state index contributed by atoms with van der Waals surface area (Å²) in [5.74, 6) is -1.98. The first-order chi connectivity index (χ1) is 12.8. The fraction of sp³-hybridized carbons (Fsp3) is 0.200. The van der Waals surface area contributed by atoms with Gasteiger partial charge in [0.25, 0.3) is 0 Å². The fourth-order valence-electron chi connectivity index (χ4n) is 3.90. The van der Waals surface area contributed by atoms with E-state index < -0.39 is 29.3 Å². The molecule has 0 aliphatic carbocycles. The largest absolute Gasteiger partial charge is 0.457 e. The van der Waals surface area contributed by atoms with Crippen LogP contribution >= 0.6 is 0 Å². The lowest BCUT2D eigenvalue weighted by molar-refractivity contribution is 0.0425. The van der Waals surface area contributed by atoms with E-state index in [4.69, 9.17) is 4.74 Å². The van der Waals surface area contributed by atoms with Crippen molar-refractivity contribution in [3.8, 4) is 11.5 Å². The molecule has 5 rings (SSSR count). The second-order valence-corrected chi connectivity index (χ2v) is 6.93. The Balaban J connectivity index is 1.78. The van der Waals surface area contributed by atoms with Gasteiger partial charge in [-0.2, -0.15) is 0 Å². The molecule has 3 aliphatic heterocycles. The SMILES string of the molecule is CCC1(C)c2cc3c(cc2Oc2cc4c(cc21)C(=O)OC4=O)C(=O)OC3=O. The lowest BCUT2D eigenvalue weighted by Crippen LogP contribution is -2.28. The van der Waals surface area contributed by atoms with Gasteiger partial charge in [-0.15, -0.1) is 0 Å². The minimum absolute atomic E-state index is 0.149. The molecule has 0 unspecified atom stereocenters. The topological polar surface area (TPSA) is 96.0 Å². The van der Waals surface area contributed by atoms with Crippen molar-refractivity contribution in [1.29, 1.82) is 0 Å². The lowest BCUT2D eigenvalue weighted by Gasteiger charge is -2.37. The van der Waals surface area contributed by atoms with Gasteiger partial charge in [0, 0.05) is 16.5 Å². The summed E-state index contributed by atoms with van der Waals surface area (Å²) in [6.45, 7) is 3.92. The molecule has 3 heterocycles. The van der Waals surface area contributed by atoms with E-state index in [9.17, 15) is 19.2 Å². The van der Waals surface area contributed by atoms with Crippen LogP contribution < -0.4 is 4.74 Å². The Morgan fingerprint density at radius 2 is 1.04 bits per heavy atom. The van der Waals surface area contributed by atoms with Gasteiger partial charge in [0.15, 0.2) is 0 Å². The monoisotopic (exact) mass is 364 g/mol. The summed E-state index contributed by atoms with van der Waals surface area (Å²) in [5.41, 5.74) is 1.50. The molecule has 3 aliphatic rings. The van der Waals surface area contributed by atoms with Crippen molar-refractivity contribution in [3.63, 3.8) is 0 Å². The van der Waals surface area contributed by atoms with E-state index in [2.05, 4.69) is 9.47 Å². The van der Waals surface area contributed by atoms with Crippen LogP contribution in [0.15, 0.2) is 24.3 Å². The second kappa shape index (κ2) is 4.82. The third kappa shape index (κ3) is 1.85. The number of rotatable bonds is 1. The Kier molecular flexibility index (Phi) is 2.81. The zero-order valence-corrected chi connectivity index (χ0v) is 14.4. The van der Waals surface area contributed by atoms with Gasteiger partial charge in [-0.05, 0) is 30.7 Å². The minimum Gasteiger partial charge on any atom is -0.457 e. The van der Waals surface area contributed by atoms with Crippen LogP contribution in [0.25, 0.3) is 0 Å². The highest BCUT2D eigenvalue weighted by atomic mass is 16.6. The second-order valence-electron chi connectivity index (χ2n) is 6.93. The van der Waals surface area contributed by atoms with E-state index >= 15 is 0 Å². The van der Waals surface area contributed by atoms with E-state index in [1.807, 2.05) is 13.8 Å². The van der Waals surface area contributed by atoms with Crippen molar-refractivity contribution in [2.45, 2.75) is 25.7 Å². The van der Waals surface area contributed by atoms with Gasteiger partial charge in [-0.25, -0.2) is 19.2 Å². The molecule has 7 heteroatoms. The van der Waals surface area contributed by atoms with Crippen molar-refractivity contribution in [2.75, 3.05) is 0 Å². The van der Waals surface area contributed by atoms with Gasteiger partial charge in [0.2, 0.25) is 0 Å². The molecular formula is C20H12O7. The quantitative estimate of drug-likeness (QED) is 0.566. The number of carbonyl (C=O) groups excluding carboxylic acids is 4. The van der Waals surface area contributed by atoms with Crippen LogP contribution in [0.2, 0.25) is 0 Å². The maximum absolute atomic E-state index is 12.0. The van der Waals surface area contributed by atoms with Gasteiger partial charge >= 0.3 is 23.9 Å². The summed E-state index contributed by atoms with van der Waals surface area (Å²) in [7, 11) is 0. The molecule has 0 radical (unpaired) electrons. The Morgan fingerprint density at radius 3 is 1.41 bits per heavy atom. The van der Waals surface area contributed by atoms with E-state index in [-0.39, 0.29) is 22.3 Å². The smallest absolute Gasteiger partial charge is 0.347 e. The zero-order valence-electron chi connectivity index (χ0n) is 14.4. The third-order valence-corrected chi connectivity index (χ3v) is 5.61. The van der Waals surface area contributed by atoms with E-state index in [1.165, 1.54) is 12.1 Å². The molecule has 2 aromatic rings. The van der Waals surface area contributed by atoms with Crippen molar-refractivity contribution in [3.05, 3.63) is 57.6 Å². The van der Waals surface area contributed by atoms with Crippen molar-refractivity contribution >= 4 is 23.9 Å². The number of hydrogen-bond donors (Lipinski definition) is 0. The lowest BCUT2D eigenvalue weighted by atomic mass is 9.71. The molecule has 0 bridgehead atoms. The molecule has 0 saturated heterocycles. The Hall–Kier alpha value is -3.48. The fourth-order valence-corrected chi connectivity index (χ4v) is 3.90. The van der Waals surface area contributed by atoms with Crippen LogP contribution in [0.4, 0.5) is 0 Å². The van der Waals surface area contributed by atoms with Gasteiger partial charge in [0.05, 0.1) is 22.3 Å².